The molecule has 1 fully saturated rings. The molecule has 0 spiro atoms. The summed E-state index contributed by atoms with van der Waals surface area (Å²) in [6.45, 7) is 2.24. The summed E-state index contributed by atoms with van der Waals surface area (Å²) in [5, 5.41) is 8.70. The molecule has 0 aliphatic heterocycles. The van der Waals surface area contributed by atoms with Crippen LogP contribution in [0.1, 0.15) is 24.8 Å². The zero-order valence-electron chi connectivity index (χ0n) is 14.5. The van der Waals surface area contributed by atoms with Crippen LogP contribution in [-0.2, 0) is 11.3 Å². The Bertz CT molecular complexity index is 999. The fourth-order valence-corrected chi connectivity index (χ4v) is 3.38. The SMILES string of the molecule is CC(Cn1ncc2ccccc2c1=O)NC(=O)[C@H]1C[C@@H]1c1ccncc1. The average Bonchev–Trinajstić information content (AvgIpc) is 3.46. The van der Waals surface area contributed by atoms with Crippen LogP contribution >= 0.6 is 0 Å². The number of fused-ring (bicyclic) bond motifs is 1. The Hall–Kier alpha value is -3.02. The molecule has 132 valence electrons. The molecule has 1 aliphatic rings. The van der Waals surface area contributed by atoms with Gasteiger partial charge in [-0.05, 0) is 43.0 Å². The molecule has 1 saturated carbocycles. The highest BCUT2D eigenvalue weighted by Gasteiger charge is 2.44. The Kier molecular flexibility index (Phi) is 4.24. The normalized spacial score (nSPS) is 19.9. The number of benzene rings is 1. The van der Waals surface area contributed by atoms with Crippen LogP contribution in [0.15, 0.2) is 59.8 Å². The standard InChI is InChI=1S/C20H20N4O2/c1-13(12-24-20(26)16-5-3-2-4-15(16)11-22-24)23-19(25)18-10-17(18)14-6-8-21-9-7-14/h2-9,11,13,17-18H,10,12H2,1H3,(H,23,25)/t13?,17-,18+/m1/s1. The first kappa shape index (κ1) is 16.4. The van der Waals surface area contributed by atoms with E-state index >= 15 is 0 Å². The third-order valence-electron chi connectivity index (χ3n) is 4.86. The van der Waals surface area contributed by atoms with Crippen molar-refractivity contribution in [2.24, 2.45) is 5.92 Å². The van der Waals surface area contributed by atoms with E-state index in [0.29, 0.717) is 11.9 Å². The zero-order chi connectivity index (χ0) is 18.1. The van der Waals surface area contributed by atoms with Gasteiger partial charge in [0.25, 0.3) is 5.56 Å². The van der Waals surface area contributed by atoms with Crippen molar-refractivity contribution in [3.63, 3.8) is 0 Å². The van der Waals surface area contributed by atoms with Crippen LogP contribution in [-0.4, -0.2) is 26.7 Å². The maximum absolute atomic E-state index is 12.5. The van der Waals surface area contributed by atoms with Gasteiger partial charge in [0.1, 0.15) is 0 Å². The molecule has 1 aliphatic carbocycles. The summed E-state index contributed by atoms with van der Waals surface area (Å²) in [5.74, 6) is 0.306. The van der Waals surface area contributed by atoms with Gasteiger partial charge in [0.05, 0.1) is 18.1 Å². The topological polar surface area (TPSA) is 76.9 Å². The Labute approximate surface area is 150 Å². The zero-order valence-corrected chi connectivity index (χ0v) is 14.5. The van der Waals surface area contributed by atoms with Gasteiger partial charge in [0.2, 0.25) is 5.91 Å². The maximum Gasteiger partial charge on any atom is 0.274 e. The lowest BCUT2D eigenvalue weighted by Crippen LogP contribution is -2.39. The fourth-order valence-electron chi connectivity index (χ4n) is 3.38. The Morgan fingerprint density at radius 1 is 1.27 bits per heavy atom. The number of hydrogen-bond donors (Lipinski definition) is 1. The molecule has 3 aromatic rings. The van der Waals surface area contributed by atoms with Gasteiger partial charge >= 0.3 is 0 Å². The van der Waals surface area contributed by atoms with Gasteiger partial charge in [0, 0.05) is 29.7 Å². The number of rotatable bonds is 5. The number of nitrogens with one attached hydrogen (secondary N) is 1. The molecule has 1 N–H and O–H groups in total. The fraction of sp³-hybridized carbons (Fsp3) is 0.300. The number of hydrogen-bond acceptors (Lipinski definition) is 4. The Balaban J connectivity index is 1.40. The summed E-state index contributed by atoms with van der Waals surface area (Å²) < 4.78 is 1.42. The van der Waals surface area contributed by atoms with Gasteiger partial charge < -0.3 is 5.32 Å². The van der Waals surface area contributed by atoms with Gasteiger partial charge in [-0.25, -0.2) is 4.68 Å². The van der Waals surface area contributed by atoms with E-state index in [2.05, 4.69) is 15.4 Å². The minimum atomic E-state index is -0.174. The van der Waals surface area contributed by atoms with Crippen LogP contribution in [0.3, 0.4) is 0 Å². The maximum atomic E-state index is 12.5. The summed E-state index contributed by atoms with van der Waals surface area (Å²) in [5.41, 5.74) is 1.02. The highest BCUT2D eigenvalue weighted by atomic mass is 16.2. The van der Waals surface area contributed by atoms with E-state index in [1.807, 2.05) is 37.3 Å². The predicted octanol–water partition coefficient (Wildman–Crippen LogP) is 2.10. The minimum absolute atomic E-state index is 0.00105. The molecule has 6 nitrogen and oxygen atoms in total. The molecule has 26 heavy (non-hydrogen) atoms. The van der Waals surface area contributed by atoms with Crippen LogP contribution in [0, 0.1) is 5.92 Å². The molecular formula is C20H20N4O2. The van der Waals surface area contributed by atoms with Crippen LogP contribution in [0.25, 0.3) is 10.8 Å². The highest BCUT2D eigenvalue weighted by molar-refractivity contribution is 5.83. The van der Waals surface area contributed by atoms with Gasteiger partial charge in [-0.3, -0.25) is 14.6 Å². The molecule has 1 unspecified atom stereocenters. The number of amides is 1. The van der Waals surface area contributed by atoms with E-state index in [1.54, 1.807) is 24.7 Å². The molecule has 0 bridgehead atoms. The van der Waals surface area contributed by atoms with Crippen molar-refractivity contribution < 1.29 is 4.79 Å². The summed E-state index contributed by atoms with van der Waals surface area (Å²) in [7, 11) is 0. The smallest absolute Gasteiger partial charge is 0.274 e. The number of pyridine rings is 1. The molecule has 0 saturated heterocycles. The van der Waals surface area contributed by atoms with Gasteiger partial charge in [-0.15, -0.1) is 0 Å². The lowest BCUT2D eigenvalue weighted by Gasteiger charge is -2.15. The Morgan fingerprint density at radius 2 is 2.04 bits per heavy atom. The number of carbonyl (C=O) groups is 1. The summed E-state index contributed by atoms with van der Waals surface area (Å²) in [4.78, 5) is 29.0. The molecule has 2 heterocycles. The molecule has 3 atom stereocenters. The first-order valence-corrected chi connectivity index (χ1v) is 8.78. The first-order chi connectivity index (χ1) is 12.6. The minimum Gasteiger partial charge on any atom is -0.352 e. The number of carbonyl (C=O) groups excluding carboxylic acids is 1. The average molecular weight is 348 g/mol. The van der Waals surface area contributed by atoms with Crippen molar-refractivity contribution in [3.8, 4) is 0 Å². The molecule has 1 aromatic carbocycles. The van der Waals surface area contributed by atoms with Crippen molar-refractivity contribution >= 4 is 16.7 Å². The van der Waals surface area contributed by atoms with Crippen molar-refractivity contribution in [1.82, 2.24) is 20.1 Å². The second-order valence-corrected chi connectivity index (χ2v) is 6.86. The van der Waals surface area contributed by atoms with Gasteiger partial charge in [-0.1, -0.05) is 18.2 Å². The largest absolute Gasteiger partial charge is 0.352 e. The lowest BCUT2D eigenvalue weighted by atomic mass is 10.1. The van der Waals surface area contributed by atoms with Crippen LogP contribution in [0.2, 0.25) is 0 Å². The monoisotopic (exact) mass is 348 g/mol. The first-order valence-electron chi connectivity index (χ1n) is 8.78. The van der Waals surface area contributed by atoms with Gasteiger partial charge in [-0.2, -0.15) is 5.10 Å². The van der Waals surface area contributed by atoms with E-state index in [4.69, 9.17) is 0 Å². The van der Waals surface area contributed by atoms with E-state index in [-0.39, 0.29) is 29.3 Å². The highest BCUT2D eigenvalue weighted by Crippen LogP contribution is 2.47. The molecule has 6 heteroatoms. The van der Waals surface area contributed by atoms with E-state index in [1.165, 1.54) is 4.68 Å². The predicted molar refractivity (Wildman–Crippen MR) is 98.7 cm³/mol. The third-order valence-corrected chi connectivity index (χ3v) is 4.86. The lowest BCUT2D eigenvalue weighted by molar-refractivity contribution is -0.123. The Morgan fingerprint density at radius 3 is 2.85 bits per heavy atom. The van der Waals surface area contributed by atoms with Crippen molar-refractivity contribution in [1.29, 1.82) is 0 Å². The van der Waals surface area contributed by atoms with Crippen LogP contribution < -0.4 is 10.9 Å². The van der Waals surface area contributed by atoms with Crippen molar-refractivity contribution in [2.75, 3.05) is 0 Å². The molecule has 1 amide bonds. The van der Waals surface area contributed by atoms with E-state index in [9.17, 15) is 9.59 Å². The second-order valence-electron chi connectivity index (χ2n) is 6.86. The summed E-state index contributed by atoms with van der Waals surface area (Å²) in [6.07, 6.45) is 6.05. The molecule has 4 rings (SSSR count). The number of nitrogens with zero attached hydrogens (tertiary/aromatic N) is 3. The summed E-state index contributed by atoms with van der Waals surface area (Å²) >= 11 is 0. The van der Waals surface area contributed by atoms with Gasteiger partial charge in [0.15, 0.2) is 0 Å². The van der Waals surface area contributed by atoms with Crippen molar-refractivity contribution in [2.45, 2.75) is 31.8 Å². The third kappa shape index (κ3) is 3.22. The molecule has 2 aromatic heterocycles. The van der Waals surface area contributed by atoms with Crippen LogP contribution in [0.5, 0.6) is 0 Å². The second kappa shape index (κ2) is 6.71. The van der Waals surface area contributed by atoms with E-state index in [0.717, 1.165) is 17.4 Å². The molecular weight excluding hydrogens is 328 g/mol. The quantitative estimate of drug-likeness (QED) is 0.766. The molecule has 0 radical (unpaired) electrons. The number of aromatic nitrogens is 3. The van der Waals surface area contributed by atoms with Crippen molar-refractivity contribution in [3.05, 3.63) is 70.9 Å². The van der Waals surface area contributed by atoms with Crippen LogP contribution in [0.4, 0.5) is 0 Å². The van der Waals surface area contributed by atoms with E-state index < -0.39 is 0 Å². The summed E-state index contributed by atoms with van der Waals surface area (Å²) in [6, 6.07) is 11.1.